The van der Waals surface area contributed by atoms with E-state index in [2.05, 4.69) is 12.2 Å². The molecule has 13 heavy (non-hydrogen) atoms. The van der Waals surface area contributed by atoms with Crippen molar-refractivity contribution in [1.82, 2.24) is 5.32 Å². The summed E-state index contributed by atoms with van der Waals surface area (Å²) in [5, 5.41) is 3.38. The van der Waals surface area contributed by atoms with E-state index < -0.39 is 0 Å². The Labute approximate surface area is 82.3 Å². The Kier molecular flexibility index (Phi) is 9.87. The molecular formula is C10H25N3. The van der Waals surface area contributed by atoms with Crippen LogP contribution in [0.5, 0.6) is 0 Å². The Morgan fingerprint density at radius 1 is 1.15 bits per heavy atom. The molecular weight excluding hydrogens is 162 g/mol. The Balaban J connectivity index is 3.03. The fraction of sp³-hybridized carbons (Fsp3) is 1.00. The maximum Gasteiger partial charge on any atom is 0.00513 e. The molecule has 0 saturated heterocycles. The zero-order valence-electron chi connectivity index (χ0n) is 8.89. The SMILES string of the molecule is CCCCNCCC(N)CCCN. The first-order valence-electron chi connectivity index (χ1n) is 5.47. The van der Waals surface area contributed by atoms with Crippen molar-refractivity contribution in [2.75, 3.05) is 19.6 Å². The number of rotatable bonds is 9. The molecule has 0 heterocycles. The molecule has 0 aromatic carbocycles. The highest BCUT2D eigenvalue weighted by atomic mass is 14.8. The lowest BCUT2D eigenvalue weighted by molar-refractivity contribution is 0.516. The van der Waals surface area contributed by atoms with Crippen LogP contribution in [0.25, 0.3) is 0 Å². The summed E-state index contributed by atoms with van der Waals surface area (Å²) in [7, 11) is 0. The molecule has 0 aliphatic rings. The van der Waals surface area contributed by atoms with E-state index in [0.717, 1.165) is 38.9 Å². The number of nitrogens with two attached hydrogens (primary N) is 2. The lowest BCUT2D eigenvalue weighted by Crippen LogP contribution is -2.27. The van der Waals surface area contributed by atoms with Crippen molar-refractivity contribution in [1.29, 1.82) is 0 Å². The van der Waals surface area contributed by atoms with E-state index in [1.54, 1.807) is 0 Å². The molecule has 0 fully saturated rings. The third-order valence-corrected chi connectivity index (χ3v) is 2.18. The zero-order chi connectivity index (χ0) is 9.94. The summed E-state index contributed by atoms with van der Waals surface area (Å²) < 4.78 is 0. The van der Waals surface area contributed by atoms with Crippen molar-refractivity contribution in [3.8, 4) is 0 Å². The maximum atomic E-state index is 5.88. The van der Waals surface area contributed by atoms with Gasteiger partial charge in [0.15, 0.2) is 0 Å². The first kappa shape index (κ1) is 12.9. The Morgan fingerprint density at radius 3 is 2.54 bits per heavy atom. The molecule has 3 heteroatoms. The molecule has 0 saturated carbocycles. The van der Waals surface area contributed by atoms with Crippen LogP contribution in [0, 0.1) is 0 Å². The predicted octanol–water partition coefficient (Wildman–Crippen LogP) is 0.832. The van der Waals surface area contributed by atoms with Gasteiger partial charge >= 0.3 is 0 Å². The van der Waals surface area contributed by atoms with E-state index in [4.69, 9.17) is 11.5 Å². The van der Waals surface area contributed by atoms with Crippen molar-refractivity contribution in [2.45, 2.75) is 45.1 Å². The van der Waals surface area contributed by atoms with Crippen molar-refractivity contribution in [2.24, 2.45) is 11.5 Å². The van der Waals surface area contributed by atoms with Gasteiger partial charge in [-0.1, -0.05) is 13.3 Å². The van der Waals surface area contributed by atoms with Crippen LogP contribution >= 0.6 is 0 Å². The lowest BCUT2D eigenvalue weighted by Gasteiger charge is -2.10. The summed E-state index contributed by atoms with van der Waals surface area (Å²) in [6.45, 7) is 5.14. The van der Waals surface area contributed by atoms with E-state index in [0.29, 0.717) is 6.04 Å². The van der Waals surface area contributed by atoms with Crippen molar-refractivity contribution in [3.63, 3.8) is 0 Å². The summed E-state index contributed by atoms with van der Waals surface area (Å²) in [6.07, 6.45) is 5.70. The van der Waals surface area contributed by atoms with Crippen LogP contribution in [0.2, 0.25) is 0 Å². The van der Waals surface area contributed by atoms with Gasteiger partial charge in [-0.25, -0.2) is 0 Å². The van der Waals surface area contributed by atoms with Gasteiger partial charge < -0.3 is 16.8 Å². The van der Waals surface area contributed by atoms with Crippen LogP contribution in [0.4, 0.5) is 0 Å². The second-order valence-electron chi connectivity index (χ2n) is 3.58. The molecule has 0 radical (unpaired) electrons. The average Bonchev–Trinajstić information content (AvgIpc) is 2.14. The number of nitrogens with one attached hydrogen (secondary N) is 1. The number of hydrogen-bond donors (Lipinski definition) is 3. The summed E-state index contributed by atoms with van der Waals surface area (Å²) in [5.74, 6) is 0. The van der Waals surface area contributed by atoms with E-state index in [-0.39, 0.29) is 0 Å². The van der Waals surface area contributed by atoms with Crippen molar-refractivity contribution in [3.05, 3.63) is 0 Å². The molecule has 0 aliphatic heterocycles. The molecule has 0 bridgehead atoms. The summed E-state index contributed by atoms with van der Waals surface area (Å²) >= 11 is 0. The minimum atomic E-state index is 0.331. The monoisotopic (exact) mass is 187 g/mol. The molecule has 0 aromatic rings. The lowest BCUT2D eigenvalue weighted by atomic mass is 10.1. The van der Waals surface area contributed by atoms with Crippen LogP contribution in [0.15, 0.2) is 0 Å². The second-order valence-corrected chi connectivity index (χ2v) is 3.58. The molecule has 0 aromatic heterocycles. The van der Waals surface area contributed by atoms with Gasteiger partial charge in [-0.2, -0.15) is 0 Å². The first-order valence-corrected chi connectivity index (χ1v) is 5.47. The zero-order valence-corrected chi connectivity index (χ0v) is 8.89. The minimum absolute atomic E-state index is 0.331. The van der Waals surface area contributed by atoms with Crippen LogP contribution < -0.4 is 16.8 Å². The van der Waals surface area contributed by atoms with E-state index in [9.17, 15) is 0 Å². The van der Waals surface area contributed by atoms with Gasteiger partial charge in [0, 0.05) is 6.04 Å². The highest BCUT2D eigenvalue weighted by molar-refractivity contribution is 4.63. The Morgan fingerprint density at radius 2 is 1.92 bits per heavy atom. The summed E-state index contributed by atoms with van der Waals surface area (Å²) in [5.41, 5.74) is 11.3. The van der Waals surface area contributed by atoms with Gasteiger partial charge in [-0.05, 0) is 45.3 Å². The van der Waals surface area contributed by atoms with Gasteiger partial charge in [0.1, 0.15) is 0 Å². The highest BCUT2D eigenvalue weighted by Crippen LogP contribution is 1.96. The largest absolute Gasteiger partial charge is 0.330 e. The molecule has 0 rings (SSSR count). The standard InChI is InChI=1S/C10H25N3/c1-2-3-8-13-9-6-10(12)5-4-7-11/h10,13H,2-9,11-12H2,1H3. The molecule has 1 atom stereocenters. The molecule has 3 nitrogen and oxygen atoms in total. The van der Waals surface area contributed by atoms with E-state index in [1.165, 1.54) is 12.8 Å². The van der Waals surface area contributed by atoms with E-state index in [1.807, 2.05) is 0 Å². The molecule has 0 spiro atoms. The van der Waals surface area contributed by atoms with Crippen LogP contribution in [-0.4, -0.2) is 25.7 Å². The molecule has 80 valence electrons. The second kappa shape index (κ2) is 9.96. The van der Waals surface area contributed by atoms with Crippen molar-refractivity contribution < 1.29 is 0 Å². The molecule has 0 amide bonds. The molecule has 1 unspecified atom stereocenters. The van der Waals surface area contributed by atoms with Gasteiger partial charge in [0.2, 0.25) is 0 Å². The van der Waals surface area contributed by atoms with Gasteiger partial charge in [0.25, 0.3) is 0 Å². The van der Waals surface area contributed by atoms with Crippen LogP contribution in [-0.2, 0) is 0 Å². The Bertz CT molecular complexity index is 96.2. The summed E-state index contributed by atoms with van der Waals surface area (Å²) in [6, 6.07) is 0.331. The normalized spacial score (nSPS) is 13.2. The number of unbranched alkanes of at least 4 members (excludes halogenated alkanes) is 1. The third kappa shape index (κ3) is 9.80. The van der Waals surface area contributed by atoms with Gasteiger partial charge in [-0.3, -0.25) is 0 Å². The third-order valence-electron chi connectivity index (χ3n) is 2.18. The maximum absolute atomic E-state index is 5.88. The van der Waals surface area contributed by atoms with Crippen LogP contribution in [0.3, 0.4) is 0 Å². The highest BCUT2D eigenvalue weighted by Gasteiger charge is 2.00. The average molecular weight is 187 g/mol. The topological polar surface area (TPSA) is 64.1 Å². The van der Waals surface area contributed by atoms with Crippen LogP contribution in [0.1, 0.15) is 39.0 Å². The predicted molar refractivity (Wildman–Crippen MR) is 58.7 cm³/mol. The molecule has 5 N–H and O–H groups in total. The fourth-order valence-electron chi connectivity index (χ4n) is 1.24. The van der Waals surface area contributed by atoms with Crippen molar-refractivity contribution >= 4 is 0 Å². The fourth-order valence-corrected chi connectivity index (χ4v) is 1.24. The quantitative estimate of drug-likeness (QED) is 0.469. The van der Waals surface area contributed by atoms with Gasteiger partial charge in [0.05, 0.1) is 0 Å². The van der Waals surface area contributed by atoms with E-state index >= 15 is 0 Å². The smallest absolute Gasteiger partial charge is 0.00513 e. The first-order chi connectivity index (χ1) is 6.31. The summed E-state index contributed by atoms with van der Waals surface area (Å²) in [4.78, 5) is 0. The molecule has 0 aliphatic carbocycles. The minimum Gasteiger partial charge on any atom is -0.330 e. The number of hydrogen-bond acceptors (Lipinski definition) is 3. The van der Waals surface area contributed by atoms with Gasteiger partial charge in [-0.15, -0.1) is 0 Å². The Hall–Kier alpha value is -0.120.